The van der Waals surface area contributed by atoms with Gasteiger partial charge in [0.1, 0.15) is 29.3 Å². The lowest BCUT2D eigenvalue weighted by Gasteiger charge is -2.36. The second kappa shape index (κ2) is 5.11. The van der Waals surface area contributed by atoms with E-state index in [-0.39, 0.29) is 11.5 Å². The molecule has 5 rings (SSSR count). The maximum absolute atomic E-state index is 12.7. The number of carbonyl (C=O) groups is 2. The second-order valence-electron chi connectivity index (χ2n) is 6.46. The summed E-state index contributed by atoms with van der Waals surface area (Å²) in [6.07, 6.45) is 0.667. The summed E-state index contributed by atoms with van der Waals surface area (Å²) in [6, 6.07) is 13.9. The van der Waals surface area contributed by atoms with Crippen molar-refractivity contribution >= 4 is 12.3 Å². The predicted octanol–water partition coefficient (Wildman–Crippen LogP) is 3.48. The van der Waals surface area contributed by atoms with Crippen LogP contribution >= 0.6 is 0 Å². The van der Waals surface area contributed by atoms with Crippen molar-refractivity contribution in [3.05, 3.63) is 82.4 Å². The first kappa shape index (κ1) is 15.5. The Labute approximate surface area is 153 Å². The molecule has 6 nitrogen and oxygen atoms in total. The fraction of sp³-hybridized carbons (Fsp3) is 0.0476. The van der Waals surface area contributed by atoms with Gasteiger partial charge in [-0.3, -0.25) is 4.79 Å². The molecule has 0 amide bonds. The summed E-state index contributed by atoms with van der Waals surface area (Å²) in [5, 5.41) is 19.7. The molecule has 2 N–H and O–H groups in total. The number of hydrogen-bond donors (Lipinski definition) is 2. The minimum Gasteiger partial charge on any atom is -0.508 e. The van der Waals surface area contributed by atoms with Crippen LogP contribution in [0.25, 0.3) is 0 Å². The molecule has 3 aromatic carbocycles. The van der Waals surface area contributed by atoms with Crippen LogP contribution in [-0.2, 0) is 10.3 Å². The quantitative estimate of drug-likeness (QED) is 0.510. The Hall–Kier alpha value is -3.80. The first-order valence-corrected chi connectivity index (χ1v) is 8.21. The van der Waals surface area contributed by atoms with Gasteiger partial charge in [0, 0.05) is 34.4 Å². The van der Waals surface area contributed by atoms with E-state index in [4.69, 9.17) is 9.47 Å². The molecular weight excluding hydrogens is 348 g/mol. The van der Waals surface area contributed by atoms with Crippen LogP contribution in [0, 0.1) is 0 Å². The molecular formula is C21H12O6. The van der Waals surface area contributed by atoms with Crippen LogP contribution in [0.15, 0.2) is 54.6 Å². The first-order chi connectivity index (χ1) is 13.0. The zero-order chi connectivity index (χ0) is 18.8. The van der Waals surface area contributed by atoms with Crippen molar-refractivity contribution in [3.63, 3.8) is 0 Å². The zero-order valence-corrected chi connectivity index (χ0v) is 13.8. The van der Waals surface area contributed by atoms with E-state index in [0.717, 1.165) is 0 Å². The molecule has 0 fully saturated rings. The van der Waals surface area contributed by atoms with Crippen LogP contribution in [-0.4, -0.2) is 22.5 Å². The molecule has 0 saturated carbocycles. The summed E-state index contributed by atoms with van der Waals surface area (Å²) in [7, 11) is 0. The zero-order valence-electron chi connectivity index (χ0n) is 13.8. The van der Waals surface area contributed by atoms with Gasteiger partial charge in [0.05, 0.1) is 5.56 Å². The van der Waals surface area contributed by atoms with Gasteiger partial charge in [-0.25, -0.2) is 4.79 Å². The summed E-state index contributed by atoms with van der Waals surface area (Å²) >= 11 is 0. The third-order valence-corrected chi connectivity index (χ3v) is 4.93. The highest BCUT2D eigenvalue weighted by molar-refractivity contribution is 5.98. The van der Waals surface area contributed by atoms with Crippen molar-refractivity contribution in [2.75, 3.05) is 0 Å². The number of fused-ring (bicyclic) bond motifs is 6. The van der Waals surface area contributed by atoms with Gasteiger partial charge in [0.2, 0.25) is 0 Å². The third-order valence-electron chi connectivity index (χ3n) is 4.93. The van der Waals surface area contributed by atoms with Crippen molar-refractivity contribution in [2.24, 2.45) is 0 Å². The van der Waals surface area contributed by atoms with Crippen molar-refractivity contribution in [1.29, 1.82) is 0 Å². The third kappa shape index (κ3) is 1.95. The normalized spacial score (nSPS) is 15.3. The van der Waals surface area contributed by atoms with E-state index in [1.165, 1.54) is 30.3 Å². The molecule has 132 valence electrons. The molecule has 27 heavy (non-hydrogen) atoms. The van der Waals surface area contributed by atoms with Crippen molar-refractivity contribution in [2.45, 2.75) is 5.60 Å². The fourth-order valence-corrected chi connectivity index (χ4v) is 3.80. The maximum atomic E-state index is 12.7. The van der Waals surface area contributed by atoms with E-state index >= 15 is 0 Å². The van der Waals surface area contributed by atoms with Crippen LogP contribution in [0.4, 0.5) is 0 Å². The number of rotatable bonds is 1. The van der Waals surface area contributed by atoms with Crippen LogP contribution < -0.4 is 4.74 Å². The van der Waals surface area contributed by atoms with Gasteiger partial charge in [-0.15, -0.1) is 0 Å². The van der Waals surface area contributed by atoms with E-state index in [9.17, 15) is 19.8 Å². The molecule has 0 saturated heterocycles. The number of carbonyl (C=O) groups excluding carboxylic acids is 2. The lowest BCUT2D eigenvalue weighted by Crippen LogP contribution is -2.32. The minimum absolute atomic E-state index is 0.00615. The van der Waals surface area contributed by atoms with E-state index in [1.54, 1.807) is 24.3 Å². The summed E-state index contributed by atoms with van der Waals surface area (Å²) < 4.78 is 11.7. The van der Waals surface area contributed by atoms with E-state index in [0.29, 0.717) is 45.6 Å². The molecule has 2 aliphatic heterocycles. The average Bonchev–Trinajstić information content (AvgIpc) is 2.94. The van der Waals surface area contributed by atoms with Gasteiger partial charge in [-0.2, -0.15) is 0 Å². The lowest BCUT2D eigenvalue weighted by molar-refractivity contribution is 0.0224. The molecule has 0 radical (unpaired) electrons. The smallest absolute Gasteiger partial charge is 0.340 e. The number of aldehydes is 1. The van der Waals surface area contributed by atoms with Crippen molar-refractivity contribution in [3.8, 4) is 23.0 Å². The monoisotopic (exact) mass is 360 g/mol. The molecule has 0 bridgehead atoms. The minimum atomic E-state index is -1.29. The molecule has 3 aromatic rings. The Morgan fingerprint density at radius 3 is 2.00 bits per heavy atom. The van der Waals surface area contributed by atoms with Crippen LogP contribution in [0.3, 0.4) is 0 Å². The summed E-state index contributed by atoms with van der Waals surface area (Å²) in [4.78, 5) is 23.8. The number of phenolic OH excluding ortho intramolecular Hbond substituents is 2. The van der Waals surface area contributed by atoms with Gasteiger partial charge in [0.15, 0.2) is 5.60 Å². The highest BCUT2D eigenvalue weighted by atomic mass is 16.6. The Balaban J connectivity index is 1.89. The summed E-state index contributed by atoms with van der Waals surface area (Å²) in [5.74, 6) is 0.0526. The largest absolute Gasteiger partial charge is 0.508 e. The number of phenols is 2. The topological polar surface area (TPSA) is 93.1 Å². The van der Waals surface area contributed by atoms with Gasteiger partial charge in [-0.05, 0) is 30.3 Å². The highest BCUT2D eigenvalue weighted by Crippen LogP contribution is 2.56. The van der Waals surface area contributed by atoms with E-state index in [2.05, 4.69) is 0 Å². The fourth-order valence-electron chi connectivity index (χ4n) is 3.80. The van der Waals surface area contributed by atoms with E-state index in [1.807, 2.05) is 0 Å². The van der Waals surface area contributed by atoms with Gasteiger partial charge in [0.25, 0.3) is 0 Å². The number of hydrogen-bond acceptors (Lipinski definition) is 6. The summed E-state index contributed by atoms with van der Waals surface area (Å²) in [6.45, 7) is 0. The van der Waals surface area contributed by atoms with Crippen LogP contribution in [0.2, 0.25) is 0 Å². The second-order valence-corrected chi connectivity index (χ2v) is 6.46. The number of esters is 1. The lowest BCUT2D eigenvalue weighted by atomic mass is 9.77. The number of benzene rings is 3. The first-order valence-electron chi connectivity index (χ1n) is 8.21. The Morgan fingerprint density at radius 2 is 1.41 bits per heavy atom. The van der Waals surface area contributed by atoms with Gasteiger partial charge >= 0.3 is 5.97 Å². The molecule has 0 unspecified atom stereocenters. The molecule has 0 atom stereocenters. The van der Waals surface area contributed by atoms with Crippen LogP contribution in [0.5, 0.6) is 23.0 Å². The SMILES string of the molecule is O=Cc1ccc2c(c1)C(=O)OC21c2ccc(O)cc2Oc2cc(O)ccc21. The molecule has 0 aliphatic carbocycles. The average molecular weight is 360 g/mol. The molecule has 6 heteroatoms. The summed E-state index contributed by atoms with van der Waals surface area (Å²) in [5.41, 5.74) is 1.03. The van der Waals surface area contributed by atoms with Crippen LogP contribution in [0.1, 0.15) is 37.4 Å². The van der Waals surface area contributed by atoms with Gasteiger partial charge < -0.3 is 19.7 Å². The van der Waals surface area contributed by atoms with Crippen molar-refractivity contribution in [1.82, 2.24) is 0 Å². The number of aromatic hydroxyl groups is 2. The maximum Gasteiger partial charge on any atom is 0.340 e. The highest BCUT2D eigenvalue weighted by Gasteiger charge is 2.53. The Morgan fingerprint density at radius 1 is 0.815 bits per heavy atom. The standard InChI is InChI=1S/C21H12O6/c22-10-11-1-4-15-14(7-11)20(25)27-21(15)16-5-2-12(23)8-18(16)26-19-9-13(24)3-6-17(19)21/h1-10,23-24H. The molecule has 2 heterocycles. The molecule has 0 aromatic heterocycles. The van der Waals surface area contributed by atoms with Crippen molar-refractivity contribution < 1.29 is 29.3 Å². The molecule has 2 aliphatic rings. The van der Waals surface area contributed by atoms with E-state index < -0.39 is 11.6 Å². The molecule has 1 spiro atoms. The Kier molecular flexibility index (Phi) is 2.92. The number of ether oxygens (including phenoxy) is 2. The Bertz CT molecular complexity index is 1100. The predicted molar refractivity (Wildman–Crippen MR) is 93.4 cm³/mol. The van der Waals surface area contributed by atoms with Gasteiger partial charge in [-0.1, -0.05) is 12.1 Å².